The maximum Gasteiger partial charge on any atom is 0.270 e. The number of nitro groups is 1. The molecule has 0 bridgehead atoms. The van der Waals surface area contributed by atoms with Crippen molar-refractivity contribution in [3.63, 3.8) is 0 Å². The van der Waals surface area contributed by atoms with Crippen LogP contribution in [0.1, 0.15) is 5.56 Å². The smallest absolute Gasteiger partial charge is 0.270 e. The number of halogens is 1. The predicted octanol–water partition coefficient (Wildman–Crippen LogP) is 6.47. The molecule has 0 fully saturated rings. The van der Waals surface area contributed by atoms with Crippen LogP contribution in [-0.4, -0.2) is 21.6 Å². The SMILES string of the molecule is COc1ccc(Cn2cc(-c3cccc(F)c3)c3ccnc(-c4cccc([N+](=O)[O-])c4)c32)cc1. The van der Waals surface area contributed by atoms with Crippen LogP contribution < -0.4 is 4.74 Å². The zero-order valence-corrected chi connectivity index (χ0v) is 18.3. The van der Waals surface area contributed by atoms with Crippen molar-refractivity contribution >= 4 is 16.6 Å². The van der Waals surface area contributed by atoms with Crippen LogP contribution in [-0.2, 0) is 6.54 Å². The number of benzene rings is 3. The van der Waals surface area contributed by atoms with E-state index in [1.807, 2.05) is 42.6 Å². The zero-order valence-electron chi connectivity index (χ0n) is 18.3. The number of aromatic nitrogens is 2. The Hall–Kier alpha value is -4.52. The fourth-order valence-corrected chi connectivity index (χ4v) is 4.17. The van der Waals surface area contributed by atoms with Crippen molar-refractivity contribution in [3.05, 3.63) is 113 Å². The highest BCUT2D eigenvalue weighted by Gasteiger charge is 2.18. The van der Waals surface area contributed by atoms with E-state index in [1.165, 1.54) is 24.3 Å². The fraction of sp³-hybridized carbons (Fsp3) is 0.0741. The van der Waals surface area contributed by atoms with Crippen LogP contribution >= 0.6 is 0 Å². The van der Waals surface area contributed by atoms with Crippen LogP contribution in [0.3, 0.4) is 0 Å². The van der Waals surface area contributed by atoms with Gasteiger partial charge in [0.1, 0.15) is 11.6 Å². The lowest BCUT2D eigenvalue weighted by Gasteiger charge is -2.10. The van der Waals surface area contributed by atoms with E-state index >= 15 is 0 Å². The van der Waals surface area contributed by atoms with E-state index in [0.717, 1.165) is 33.3 Å². The summed E-state index contributed by atoms with van der Waals surface area (Å²) in [5, 5.41) is 12.2. The molecule has 7 heteroatoms. The summed E-state index contributed by atoms with van der Waals surface area (Å²) >= 11 is 0. The molecule has 0 aliphatic heterocycles. The molecule has 0 atom stereocenters. The second-order valence-corrected chi connectivity index (χ2v) is 7.89. The number of fused-ring (bicyclic) bond motifs is 1. The zero-order chi connectivity index (χ0) is 23.7. The average Bonchev–Trinajstić information content (AvgIpc) is 3.23. The number of non-ortho nitro benzene ring substituents is 1. The highest BCUT2D eigenvalue weighted by molar-refractivity contribution is 6.02. The van der Waals surface area contributed by atoms with Crippen molar-refractivity contribution in [3.8, 4) is 28.1 Å². The van der Waals surface area contributed by atoms with E-state index in [9.17, 15) is 14.5 Å². The number of hydrogen-bond acceptors (Lipinski definition) is 4. The third-order valence-corrected chi connectivity index (χ3v) is 5.76. The second-order valence-electron chi connectivity index (χ2n) is 7.89. The quantitative estimate of drug-likeness (QED) is 0.218. The van der Waals surface area contributed by atoms with Crippen molar-refractivity contribution in [1.29, 1.82) is 0 Å². The van der Waals surface area contributed by atoms with Crippen molar-refractivity contribution in [2.75, 3.05) is 7.11 Å². The van der Waals surface area contributed by atoms with Crippen LogP contribution in [0.25, 0.3) is 33.3 Å². The van der Waals surface area contributed by atoms with Gasteiger partial charge in [-0.15, -0.1) is 0 Å². The molecule has 0 radical (unpaired) electrons. The molecule has 0 saturated heterocycles. The third-order valence-electron chi connectivity index (χ3n) is 5.76. The van der Waals surface area contributed by atoms with Gasteiger partial charge in [0.15, 0.2) is 0 Å². The van der Waals surface area contributed by atoms with Gasteiger partial charge in [-0.2, -0.15) is 0 Å². The molecule has 2 heterocycles. The predicted molar refractivity (Wildman–Crippen MR) is 129 cm³/mol. The molecule has 0 aliphatic rings. The van der Waals surface area contributed by atoms with E-state index in [-0.39, 0.29) is 11.5 Å². The Morgan fingerprint density at radius 1 is 1.00 bits per heavy atom. The highest BCUT2D eigenvalue weighted by Crippen LogP contribution is 2.36. The van der Waals surface area contributed by atoms with E-state index in [4.69, 9.17) is 4.74 Å². The third kappa shape index (κ3) is 3.99. The first-order valence-electron chi connectivity index (χ1n) is 10.6. The van der Waals surface area contributed by atoms with Gasteiger partial charge in [0.25, 0.3) is 5.69 Å². The maximum absolute atomic E-state index is 14.0. The Labute approximate surface area is 195 Å². The Kier molecular flexibility index (Phi) is 5.51. The molecule has 2 aromatic heterocycles. The Bertz CT molecular complexity index is 1510. The number of methoxy groups -OCH3 is 1. The van der Waals surface area contributed by atoms with Crippen LogP contribution in [0.2, 0.25) is 0 Å². The minimum Gasteiger partial charge on any atom is -0.497 e. The number of ether oxygens (including phenoxy) is 1. The molecule has 0 N–H and O–H groups in total. The number of pyridine rings is 1. The largest absolute Gasteiger partial charge is 0.497 e. The van der Waals surface area contributed by atoms with E-state index < -0.39 is 4.92 Å². The van der Waals surface area contributed by atoms with Crippen molar-refractivity contribution in [1.82, 2.24) is 9.55 Å². The minimum absolute atomic E-state index is 0.00471. The topological polar surface area (TPSA) is 70.2 Å². The molecule has 0 aliphatic carbocycles. The standard InChI is InChI=1S/C27H20FN3O3/c1-34-23-10-8-18(9-11-23)16-30-17-25(19-4-2-6-21(28)14-19)24-12-13-29-26(27(24)30)20-5-3-7-22(15-20)31(32)33/h2-15,17H,16H2,1H3. The first-order chi connectivity index (χ1) is 16.5. The number of nitro benzene ring substituents is 1. The summed E-state index contributed by atoms with van der Waals surface area (Å²) in [5.74, 6) is 0.446. The molecule has 34 heavy (non-hydrogen) atoms. The molecular weight excluding hydrogens is 433 g/mol. The lowest BCUT2D eigenvalue weighted by molar-refractivity contribution is -0.384. The number of hydrogen-bond donors (Lipinski definition) is 0. The van der Waals surface area contributed by atoms with Gasteiger partial charge in [0, 0.05) is 47.6 Å². The molecule has 3 aromatic carbocycles. The van der Waals surface area contributed by atoms with Gasteiger partial charge < -0.3 is 9.30 Å². The summed E-state index contributed by atoms with van der Waals surface area (Å²) in [7, 11) is 1.62. The van der Waals surface area contributed by atoms with Crippen molar-refractivity contribution < 1.29 is 14.1 Å². The summed E-state index contributed by atoms with van der Waals surface area (Å²) in [6, 6.07) is 22.5. The van der Waals surface area contributed by atoms with Crippen molar-refractivity contribution in [2.45, 2.75) is 6.54 Å². The molecule has 168 valence electrons. The Morgan fingerprint density at radius 3 is 2.50 bits per heavy atom. The van der Waals surface area contributed by atoms with Gasteiger partial charge in [0.05, 0.1) is 23.2 Å². The second kappa shape index (κ2) is 8.78. The molecular formula is C27H20FN3O3. The molecule has 5 rings (SSSR count). The van der Waals surface area contributed by atoms with Gasteiger partial charge in [-0.25, -0.2) is 4.39 Å². The lowest BCUT2D eigenvalue weighted by atomic mass is 10.0. The summed E-state index contributed by atoms with van der Waals surface area (Å²) in [5.41, 5.74) is 4.72. The van der Waals surface area contributed by atoms with Gasteiger partial charge in [-0.05, 0) is 41.5 Å². The minimum atomic E-state index is -0.418. The van der Waals surface area contributed by atoms with Crippen molar-refractivity contribution in [2.24, 2.45) is 0 Å². The molecule has 6 nitrogen and oxygen atoms in total. The summed E-state index contributed by atoms with van der Waals surface area (Å²) in [4.78, 5) is 15.5. The van der Waals surface area contributed by atoms with Gasteiger partial charge in [-0.3, -0.25) is 15.1 Å². The van der Waals surface area contributed by atoms with Crippen LogP contribution in [0.15, 0.2) is 91.3 Å². The average molecular weight is 453 g/mol. The van der Waals surface area contributed by atoms with Gasteiger partial charge in [0.2, 0.25) is 0 Å². The number of nitrogens with zero attached hydrogens (tertiary/aromatic N) is 3. The molecule has 0 amide bonds. The summed E-state index contributed by atoms with van der Waals surface area (Å²) in [6.07, 6.45) is 3.66. The Balaban J connectivity index is 1.73. The molecule has 5 aromatic rings. The molecule has 0 unspecified atom stereocenters. The van der Waals surface area contributed by atoms with Crippen LogP contribution in [0, 0.1) is 15.9 Å². The van der Waals surface area contributed by atoms with E-state index in [0.29, 0.717) is 17.8 Å². The fourth-order valence-electron chi connectivity index (χ4n) is 4.17. The monoisotopic (exact) mass is 453 g/mol. The lowest BCUT2D eigenvalue weighted by Crippen LogP contribution is -2.00. The van der Waals surface area contributed by atoms with Gasteiger partial charge in [-0.1, -0.05) is 36.4 Å². The van der Waals surface area contributed by atoms with E-state index in [1.54, 1.807) is 31.5 Å². The van der Waals surface area contributed by atoms with Gasteiger partial charge >= 0.3 is 0 Å². The first-order valence-corrected chi connectivity index (χ1v) is 10.6. The summed E-state index contributed by atoms with van der Waals surface area (Å²) in [6.45, 7) is 0.531. The highest BCUT2D eigenvalue weighted by atomic mass is 19.1. The normalized spacial score (nSPS) is 11.0. The molecule has 0 spiro atoms. The van der Waals surface area contributed by atoms with E-state index in [2.05, 4.69) is 9.55 Å². The Morgan fingerprint density at radius 2 is 1.76 bits per heavy atom. The first kappa shape index (κ1) is 21.3. The molecule has 0 saturated carbocycles. The number of rotatable bonds is 6. The maximum atomic E-state index is 14.0. The summed E-state index contributed by atoms with van der Waals surface area (Å²) < 4.78 is 21.4. The van der Waals surface area contributed by atoms with Crippen LogP contribution in [0.5, 0.6) is 5.75 Å². The van der Waals surface area contributed by atoms with Crippen LogP contribution in [0.4, 0.5) is 10.1 Å².